The first-order valence-electron chi connectivity index (χ1n) is 4.10. The van der Waals surface area contributed by atoms with Crippen molar-refractivity contribution in [2.75, 3.05) is 13.3 Å². The molecule has 76 valence electrons. The molecule has 5 heteroatoms. The van der Waals surface area contributed by atoms with Gasteiger partial charge < -0.3 is 0 Å². The first-order chi connectivity index (χ1) is 5.24. The summed E-state index contributed by atoms with van der Waals surface area (Å²) in [5.74, 6) is 0. The van der Waals surface area contributed by atoms with E-state index in [0.29, 0.717) is 6.61 Å². The van der Waals surface area contributed by atoms with Crippen molar-refractivity contribution in [2.45, 2.75) is 33.3 Å². The van der Waals surface area contributed by atoms with Gasteiger partial charge in [0.15, 0.2) is 0 Å². The van der Waals surface area contributed by atoms with E-state index in [-0.39, 0.29) is 6.10 Å². The van der Waals surface area contributed by atoms with Gasteiger partial charge in [0, 0.05) is 0 Å². The molecule has 0 aliphatic rings. The van der Waals surface area contributed by atoms with Gasteiger partial charge in [-0.25, -0.2) is 0 Å². The Kier molecular flexibility index (Phi) is 4.08. The Morgan fingerprint density at radius 1 is 1.33 bits per heavy atom. The van der Waals surface area contributed by atoms with Gasteiger partial charge in [0.1, 0.15) is 0 Å². The Bertz CT molecular complexity index is 138. The van der Waals surface area contributed by atoms with Gasteiger partial charge in [-0.15, -0.1) is 0 Å². The van der Waals surface area contributed by atoms with Crippen molar-refractivity contribution in [2.24, 2.45) is 0 Å². The minimum absolute atomic E-state index is 0.250. The molecule has 0 bridgehead atoms. The van der Waals surface area contributed by atoms with E-state index in [1.54, 1.807) is 13.8 Å². The number of hydrogen-bond donors (Lipinski definition) is 2. The second-order valence-corrected chi connectivity index (χ2v) is 6.22. The molecule has 0 spiro atoms. The van der Waals surface area contributed by atoms with Gasteiger partial charge in [-0.1, -0.05) is 0 Å². The molecule has 0 heterocycles. The van der Waals surface area contributed by atoms with Crippen LogP contribution in [-0.4, -0.2) is 29.2 Å². The van der Waals surface area contributed by atoms with Crippen LogP contribution in [0.3, 0.4) is 0 Å². The van der Waals surface area contributed by atoms with Crippen molar-refractivity contribution < 1.29 is 18.8 Å². The second kappa shape index (κ2) is 3.99. The van der Waals surface area contributed by atoms with Gasteiger partial charge in [0.25, 0.3) is 0 Å². The first kappa shape index (κ1) is 12.3. The molecule has 0 radical (unpaired) electrons. The van der Waals surface area contributed by atoms with Crippen molar-refractivity contribution >= 4 is 7.51 Å². The summed E-state index contributed by atoms with van der Waals surface area (Å²) in [7, 11) is -4.25. The van der Waals surface area contributed by atoms with E-state index < -0.39 is 7.51 Å². The molecule has 12 heavy (non-hydrogen) atoms. The molecule has 2 N–H and O–H groups in total. The Balaban J connectivity index is 4.08. The Morgan fingerprint density at radius 2 is 1.83 bits per heavy atom. The van der Waals surface area contributed by atoms with Crippen LogP contribution < -0.4 is 0 Å². The van der Waals surface area contributed by atoms with E-state index in [4.69, 9.17) is 9.05 Å². The zero-order valence-corrected chi connectivity index (χ0v) is 9.04. The van der Waals surface area contributed by atoms with Crippen LogP contribution in [0.25, 0.3) is 0 Å². The third-order valence-corrected chi connectivity index (χ3v) is 2.73. The van der Waals surface area contributed by atoms with Crippen molar-refractivity contribution in [3.63, 3.8) is 0 Å². The molecule has 4 nitrogen and oxygen atoms in total. The average Bonchev–Trinajstić information content (AvgIpc) is 1.79. The fraction of sp³-hybridized carbons (Fsp3) is 1.00. The Morgan fingerprint density at radius 3 is 2.17 bits per heavy atom. The molecule has 0 aliphatic carbocycles. The summed E-state index contributed by atoms with van der Waals surface area (Å²) < 4.78 is 9.84. The van der Waals surface area contributed by atoms with E-state index in [2.05, 4.69) is 0 Å². The number of hydrogen-bond acceptors (Lipinski definition) is 4. The standard InChI is InChI=1S/C7H19O4P/c1-5-6-10-12(4,8,9)11-7(2)3/h7-9H,5-6H2,1-4H3. The van der Waals surface area contributed by atoms with Gasteiger partial charge >= 0.3 is 72.9 Å². The second-order valence-electron chi connectivity index (χ2n) is 3.24. The van der Waals surface area contributed by atoms with E-state index in [9.17, 15) is 9.79 Å². The molecular formula is C7H19O4P. The molecule has 0 aromatic carbocycles. The average molecular weight is 198 g/mol. The summed E-state index contributed by atoms with van der Waals surface area (Å²) in [5, 5.41) is 0. The van der Waals surface area contributed by atoms with E-state index in [1.807, 2.05) is 6.92 Å². The maximum atomic E-state index is 9.52. The summed E-state index contributed by atoms with van der Waals surface area (Å²) >= 11 is 0. The van der Waals surface area contributed by atoms with Crippen LogP contribution >= 0.6 is 7.51 Å². The van der Waals surface area contributed by atoms with E-state index in [0.717, 1.165) is 6.42 Å². The van der Waals surface area contributed by atoms with Crippen molar-refractivity contribution in [3.05, 3.63) is 0 Å². The topological polar surface area (TPSA) is 58.9 Å². The van der Waals surface area contributed by atoms with E-state index >= 15 is 0 Å². The molecule has 0 unspecified atom stereocenters. The van der Waals surface area contributed by atoms with Crippen LogP contribution in [0.15, 0.2) is 0 Å². The quantitative estimate of drug-likeness (QED) is 0.659. The normalized spacial score (nSPS) is 16.1. The molecule has 0 aromatic heterocycles. The fourth-order valence-electron chi connectivity index (χ4n) is 0.817. The molecule has 0 saturated carbocycles. The summed E-state index contributed by atoms with van der Waals surface area (Å²) in [4.78, 5) is 19.0. The summed E-state index contributed by atoms with van der Waals surface area (Å²) in [5.41, 5.74) is 0. The Hall–Kier alpha value is 0.270. The van der Waals surface area contributed by atoms with Gasteiger partial charge in [0.2, 0.25) is 0 Å². The molecule has 0 aliphatic heterocycles. The number of rotatable bonds is 5. The molecule has 0 rings (SSSR count). The van der Waals surface area contributed by atoms with Gasteiger partial charge in [0.05, 0.1) is 0 Å². The van der Waals surface area contributed by atoms with Crippen molar-refractivity contribution in [1.29, 1.82) is 0 Å². The maximum absolute atomic E-state index is 9.52. The van der Waals surface area contributed by atoms with Gasteiger partial charge in [-0.3, -0.25) is 0 Å². The predicted molar refractivity (Wildman–Crippen MR) is 49.7 cm³/mol. The van der Waals surface area contributed by atoms with Crippen LogP contribution in [0.1, 0.15) is 27.2 Å². The van der Waals surface area contributed by atoms with Crippen LogP contribution in [-0.2, 0) is 9.05 Å². The zero-order chi connectivity index (χ0) is 9.85. The molecule has 0 aromatic rings. The third kappa shape index (κ3) is 5.86. The molecule has 0 fully saturated rings. The van der Waals surface area contributed by atoms with Crippen LogP contribution in [0, 0.1) is 0 Å². The SMILES string of the molecule is CCCOP(C)(O)(O)OC(C)C. The molecular weight excluding hydrogens is 179 g/mol. The molecule has 0 saturated heterocycles. The summed E-state index contributed by atoms with van der Waals surface area (Å²) in [6.45, 7) is 6.86. The van der Waals surface area contributed by atoms with Crippen LogP contribution in [0.2, 0.25) is 0 Å². The minimum atomic E-state index is -4.25. The molecule has 0 atom stereocenters. The fourth-order valence-corrected chi connectivity index (χ4v) is 2.45. The molecule has 0 amide bonds. The monoisotopic (exact) mass is 198 g/mol. The van der Waals surface area contributed by atoms with Crippen LogP contribution in [0.4, 0.5) is 0 Å². The Labute approximate surface area is 73.8 Å². The van der Waals surface area contributed by atoms with Gasteiger partial charge in [-0.05, 0) is 0 Å². The van der Waals surface area contributed by atoms with Crippen molar-refractivity contribution in [3.8, 4) is 0 Å². The first-order valence-corrected chi connectivity index (χ1v) is 6.52. The van der Waals surface area contributed by atoms with Crippen molar-refractivity contribution in [1.82, 2.24) is 0 Å². The summed E-state index contributed by atoms with van der Waals surface area (Å²) in [6, 6.07) is 0. The van der Waals surface area contributed by atoms with Gasteiger partial charge in [-0.2, -0.15) is 0 Å². The summed E-state index contributed by atoms with van der Waals surface area (Å²) in [6.07, 6.45) is 0.480. The predicted octanol–water partition coefficient (Wildman–Crippen LogP) is 1.67. The van der Waals surface area contributed by atoms with E-state index in [1.165, 1.54) is 6.66 Å². The van der Waals surface area contributed by atoms with Crippen LogP contribution in [0.5, 0.6) is 0 Å². The third-order valence-electron chi connectivity index (χ3n) is 1.05. The zero-order valence-electron chi connectivity index (χ0n) is 8.15.